The van der Waals surface area contributed by atoms with Crippen molar-refractivity contribution < 1.29 is 19.1 Å². The average Bonchev–Trinajstić information content (AvgIpc) is 2.68. The Bertz CT molecular complexity index is 712. The summed E-state index contributed by atoms with van der Waals surface area (Å²) >= 11 is 0. The Morgan fingerprint density at radius 1 is 0.931 bits per heavy atom. The van der Waals surface area contributed by atoms with Gasteiger partial charge in [-0.25, -0.2) is 9.78 Å². The Labute approximate surface area is 173 Å². The minimum atomic E-state index is -0.616. The lowest BCUT2D eigenvalue weighted by atomic mass is 10.0. The first-order valence-corrected chi connectivity index (χ1v) is 10.9. The molecule has 7 nitrogen and oxygen atoms in total. The summed E-state index contributed by atoms with van der Waals surface area (Å²) in [6.45, 7) is 8.16. The van der Waals surface area contributed by atoms with Crippen molar-refractivity contribution >= 4 is 11.9 Å². The maximum Gasteiger partial charge on any atom is 0.374 e. The largest absolute Gasteiger partial charge is 0.466 e. The number of ether oxygens (including phenoxy) is 2. The molecular formula is C22H36N2O5. The molecule has 1 aromatic rings. The van der Waals surface area contributed by atoms with Gasteiger partial charge in [0, 0.05) is 24.2 Å². The Balaban J connectivity index is 2.96. The predicted molar refractivity (Wildman–Crippen MR) is 112 cm³/mol. The number of hydrogen-bond acceptors (Lipinski definition) is 6. The summed E-state index contributed by atoms with van der Waals surface area (Å²) in [5, 5.41) is 0. The van der Waals surface area contributed by atoms with Crippen LogP contribution in [0.25, 0.3) is 0 Å². The first-order valence-electron chi connectivity index (χ1n) is 10.9. The smallest absolute Gasteiger partial charge is 0.374 e. The zero-order chi connectivity index (χ0) is 21.6. The van der Waals surface area contributed by atoms with E-state index in [0.29, 0.717) is 30.7 Å². The van der Waals surface area contributed by atoms with Gasteiger partial charge in [-0.05, 0) is 40.0 Å². The minimum Gasteiger partial charge on any atom is -0.466 e. The Morgan fingerprint density at radius 3 is 2.24 bits per heavy atom. The van der Waals surface area contributed by atoms with Gasteiger partial charge in [-0.1, -0.05) is 39.0 Å². The van der Waals surface area contributed by atoms with Crippen LogP contribution in [0.15, 0.2) is 4.79 Å². The molecule has 0 saturated heterocycles. The molecular weight excluding hydrogens is 372 g/mol. The topological polar surface area (TPSA) is 87.5 Å². The number of unbranched alkanes of at least 4 members (excludes halogenated alkanes) is 5. The van der Waals surface area contributed by atoms with Gasteiger partial charge < -0.3 is 9.47 Å². The van der Waals surface area contributed by atoms with Crippen LogP contribution in [-0.4, -0.2) is 34.7 Å². The van der Waals surface area contributed by atoms with Gasteiger partial charge in [0.25, 0.3) is 5.56 Å². The molecule has 0 radical (unpaired) electrons. The molecule has 0 saturated carbocycles. The van der Waals surface area contributed by atoms with Crippen molar-refractivity contribution in [3.8, 4) is 0 Å². The second-order valence-electron chi connectivity index (χ2n) is 7.10. The number of nitrogens with zero attached hydrogens (tertiary/aromatic N) is 2. The fourth-order valence-electron chi connectivity index (χ4n) is 3.24. The molecule has 7 heteroatoms. The van der Waals surface area contributed by atoms with Crippen molar-refractivity contribution in [3.05, 3.63) is 27.4 Å². The van der Waals surface area contributed by atoms with Gasteiger partial charge in [0.2, 0.25) is 5.82 Å². The third-order valence-electron chi connectivity index (χ3n) is 4.78. The van der Waals surface area contributed by atoms with Crippen LogP contribution in [0, 0.1) is 6.92 Å². The van der Waals surface area contributed by atoms with Gasteiger partial charge in [-0.3, -0.25) is 14.2 Å². The van der Waals surface area contributed by atoms with Gasteiger partial charge in [0.05, 0.1) is 13.2 Å². The summed E-state index contributed by atoms with van der Waals surface area (Å²) in [4.78, 5) is 41.4. The molecule has 1 heterocycles. The van der Waals surface area contributed by atoms with E-state index >= 15 is 0 Å². The van der Waals surface area contributed by atoms with E-state index in [2.05, 4.69) is 11.9 Å². The number of aromatic nitrogens is 2. The number of aryl methyl sites for hydroxylation is 1. The molecule has 0 aromatic carbocycles. The first-order chi connectivity index (χ1) is 14.0. The molecule has 0 spiro atoms. The van der Waals surface area contributed by atoms with Crippen molar-refractivity contribution in [2.75, 3.05) is 13.2 Å². The lowest BCUT2D eigenvalue weighted by molar-refractivity contribution is -0.143. The molecule has 1 aromatic heterocycles. The van der Waals surface area contributed by atoms with Crippen LogP contribution in [0.5, 0.6) is 0 Å². The van der Waals surface area contributed by atoms with Gasteiger partial charge in [-0.2, -0.15) is 0 Å². The number of carbonyl (C=O) groups is 2. The highest BCUT2D eigenvalue weighted by Gasteiger charge is 2.20. The van der Waals surface area contributed by atoms with E-state index in [1.807, 2.05) is 0 Å². The van der Waals surface area contributed by atoms with E-state index in [9.17, 15) is 14.4 Å². The normalized spacial score (nSPS) is 10.8. The minimum absolute atomic E-state index is 0.00454. The Kier molecular flexibility index (Phi) is 11.9. The molecule has 0 amide bonds. The monoisotopic (exact) mass is 408 g/mol. The molecule has 164 valence electrons. The SMILES string of the molecule is CCCCCCCCc1c(C)nc(C(=O)OCC)n(CCCC(=O)OCC)c1=O. The lowest BCUT2D eigenvalue weighted by Gasteiger charge is -2.15. The highest BCUT2D eigenvalue weighted by atomic mass is 16.5. The standard InChI is InChI=1S/C22H36N2O5/c1-5-8-9-10-11-12-14-18-17(4)23-20(22(27)29-7-3)24(21(18)26)16-13-15-19(25)28-6-2/h5-16H2,1-4H3. The third kappa shape index (κ3) is 8.38. The van der Waals surface area contributed by atoms with Gasteiger partial charge in [-0.15, -0.1) is 0 Å². The molecule has 0 fully saturated rings. The van der Waals surface area contributed by atoms with E-state index in [4.69, 9.17) is 9.47 Å². The second-order valence-corrected chi connectivity index (χ2v) is 7.10. The maximum atomic E-state index is 13.1. The van der Waals surface area contributed by atoms with Crippen LogP contribution in [0.2, 0.25) is 0 Å². The van der Waals surface area contributed by atoms with Crippen LogP contribution in [0.3, 0.4) is 0 Å². The zero-order valence-electron chi connectivity index (χ0n) is 18.4. The van der Waals surface area contributed by atoms with Crippen LogP contribution < -0.4 is 5.56 Å². The van der Waals surface area contributed by atoms with Crippen molar-refractivity contribution in [3.63, 3.8) is 0 Å². The predicted octanol–water partition coefficient (Wildman–Crippen LogP) is 3.97. The van der Waals surface area contributed by atoms with E-state index in [1.54, 1.807) is 20.8 Å². The maximum absolute atomic E-state index is 13.1. The number of rotatable bonds is 14. The molecule has 29 heavy (non-hydrogen) atoms. The Morgan fingerprint density at radius 2 is 1.59 bits per heavy atom. The van der Waals surface area contributed by atoms with E-state index < -0.39 is 5.97 Å². The third-order valence-corrected chi connectivity index (χ3v) is 4.78. The summed E-state index contributed by atoms with van der Waals surface area (Å²) in [7, 11) is 0. The number of carbonyl (C=O) groups excluding carboxylic acids is 2. The van der Waals surface area contributed by atoms with Crippen molar-refractivity contribution in [1.29, 1.82) is 0 Å². The summed E-state index contributed by atoms with van der Waals surface area (Å²) in [6.07, 6.45) is 8.03. The highest BCUT2D eigenvalue weighted by Crippen LogP contribution is 2.12. The molecule has 0 aliphatic rings. The summed E-state index contributed by atoms with van der Waals surface area (Å²) in [5.41, 5.74) is 1.01. The highest BCUT2D eigenvalue weighted by molar-refractivity contribution is 5.85. The summed E-state index contributed by atoms with van der Waals surface area (Å²) < 4.78 is 11.4. The quantitative estimate of drug-likeness (QED) is 0.342. The molecule has 0 bridgehead atoms. The fourth-order valence-corrected chi connectivity index (χ4v) is 3.24. The summed E-state index contributed by atoms with van der Waals surface area (Å²) in [6, 6.07) is 0. The van der Waals surface area contributed by atoms with Crippen LogP contribution in [0.4, 0.5) is 0 Å². The molecule has 1 rings (SSSR count). The average molecular weight is 409 g/mol. The first kappa shape index (κ1) is 24.9. The molecule has 0 aliphatic heterocycles. The van der Waals surface area contributed by atoms with Gasteiger partial charge >= 0.3 is 11.9 Å². The molecule has 0 aliphatic carbocycles. The van der Waals surface area contributed by atoms with Crippen LogP contribution >= 0.6 is 0 Å². The van der Waals surface area contributed by atoms with Crippen LogP contribution in [-0.2, 0) is 27.2 Å². The van der Waals surface area contributed by atoms with Gasteiger partial charge in [0.1, 0.15) is 0 Å². The lowest BCUT2D eigenvalue weighted by Crippen LogP contribution is -2.32. The fraction of sp³-hybridized carbons (Fsp3) is 0.727. The molecule has 0 N–H and O–H groups in total. The molecule has 0 unspecified atom stereocenters. The van der Waals surface area contributed by atoms with E-state index in [1.165, 1.54) is 23.8 Å². The Hall–Kier alpha value is -2.18. The van der Waals surface area contributed by atoms with Crippen molar-refractivity contribution in [2.45, 2.75) is 92.0 Å². The number of hydrogen-bond donors (Lipinski definition) is 0. The van der Waals surface area contributed by atoms with Crippen LogP contribution in [0.1, 0.15) is 94.0 Å². The van der Waals surface area contributed by atoms with Crippen molar-refractivity contribution in [2.24, 2.45) is 0 Å². The second kappa shape index (κ2) is 13.9. The van der Waals surface area contributed by atoms with Crippen molar-refractivity contribution in [1.82, 2.24) is 9.55 Å². The van der Waals surface area contributed by atoms with Gasteiger partial charge in [0.15, 0.2) is 0 Å². The zero-order valence-corrected chi connectivity index (χ0v) is 18.4. The molecule has 0 atom stereocenters. The van der Waals surface area contributed by atoms with E-state index in [-0.39, 0.29) is 36.9 Å². The van der Waals surface area contributed by atoms with E-state index in [0.717, 1.165) is 19.3 Å². The number of esters is 2. The summed E-state index contributed by atoms with van der Waals surface area (Å²) in [5.74, 6) is -0.925.